The molecule has 2 aromatic rings. The van der Waals surface area contributed by atoms with Crippen LogP contribution < -0.4 is 5.32 Å². The third-order valence-corrected chi connectivity index (χ3v) is 4.05. The maximum absolute atomic E-state index is 11.6. The van der Waals surface area contributed by atoms with Gasteiger partial charge in [0.2, 0.25) is 0 Å². The van der Waals surface area contributed by atoms with E-state index in [4.69, 9.17) is 0 Å². The predicted molar refractivity (Wildman–Crippen MR) is 79.0 cm³/mol. The average molecular weight is 286 g/mol. The lowest BCUT2D eigenvalue weighted by Gasteiger charge is -2.23. The Hall–Kier alpha value is -2.30. The number of carbonyl (C=O) groups is 2. The summed E-state index contributed by atoms with van der Waals surface area (Å²) in [4.78, 5) is 26.3. The minimum Gasteiger partial charge on any atom is -0.462 e. The Bertz CT molecular complexity index is 718. The fraction of sp³-hybridized carbons (Fsp3) is 0.375. The Labute approximate surface area is 122 Å². The molecule has 0 aliphatic heterocycles. The zero-order valence-corrected chi connectivity index (χ0v) is 12.2. The first-order chi connectivity index (χ1) is 10.1. The van der Waals surface area contributed by atoms with Crippen LogP contribution in [0.25, 0.3) is 10.9 Å². The van der Waals surface area contributed by atoms with E-state index in [0.29, 0.717) is 0 Å². The quantitative estimate of drug-likeness (QED) is 0.618. The number of aryl methyl sites for hydroxylation is 2. The van der Waals surface area contributed by atoms with Gasteiger partial charge < -0.3 is 15.0 Å². The molecule has 1 aliphatic rings. The minimum absolute atomic E-state index is 0.0237. The molecule has 3 rings (SSSR count). The summed E-state index contributed by atoms with van der Waals surface area (Å²) < 4.78 is 4.43. The van der Waals surface area contributed by atoms with Crippen molar-refractivity contribution < 1.29 is 14.3 Å². The molecule has 1 unspecified atom stereocenters. The summed E-state index contributed by atoms with van der Waals surface area (Å²) in [7, 11) is 1.21. The highest BCUT2D eigenvalue weighted by Gasteiger charge is 2.25. The lowest BCUT2D eigenvalue weighted by atomic mass is 9.91. The molecule has 1 amide bonds. The largest absolute Gasteiger partial charge is 0.462 e. The minimum atomic E-state index is -0.838. The standard InChI is InChI=1S/C16H18N2O3/c1-9-3-5-11-12-8-10(17-15(19)16(20)21-2)4-6-13(12)18-14(11)7-9/h3,5,7,10,18H,4,6,8H2,1-2H3,(H,17,19). The van der Waals surface area contributed by atoms with E-state index in [9.17, 15) is 9.59 Å². The molecule has 5 nitrogen and oxygen atoms in total. The molecular formula is C16H18N2O3. The normalized spacial score (nSPS) is 17.3. The summed E-state index contributed by atoms with van der Waals surface area (Å²) in [5, 5.41) is 3.95. The molecule has 1 atom stereocenters. The average Bonchev–Trinajstić information content (AvgIpc) is 2.83. The van der Waals surface area contributed by atoms with Gasteiger partial charge in [-0.05, 0) is 43.4 Å². The number of methoxy groups -OCH3 is 1. The van der Waals surface area contributed by atoms with Gasteiger partial charge >= 0.3 is 11.9 Å². The van der Waals surface area contributed by atoms with E-state index < -0.39 is 11.9 Å². The fourth-order valence-corrected chi connectivity index (χ4v) is 3.00. The van der Waals surface area contributed by atoms with E-state index in [1.54, 1.807) is 0 Å². The number of hydrogen-bond acceptors (Lipinski definition) is 3. The first kappa shape index (κ1) is 13.7. The Morgan fingerprint density at radius 3 is 2.95 bits per heavy atom. The Balaban J connectivity index is 1.83. The first-order valence-electron chi connectivity index (χ1n) is 7.07. The molecule has 0 radical (unpaired) electrons. The van der Waals surface area contributed by atoms with Crippen LogP contribution in [0.2, 0.25) is 0 Å². The van der Waals surface area contributed by atoms with Gasteiger partial charge in [-0.3, -0.25) is 4.79 Å². The number of nitrogens with one attached hydrogen (secondary N) is 2. The van der Waals surface area contributed by atoms with Crippen molar-refractivity contribution in [2.75, 3.05) is 7.11 Å². The Morgan fingerprint density at radius 1 is 1.38 bits per heavy atom. The molecule has 1 heterocycles. The van der Waals surface area contributed by atoms with Crippen molar-refractivity contribution in [3.63, 3.8) is 0 Å². The summed E-state index contributed by atoms with van der Waals surface area (Å²) >= 11 is 0. The van der Waals surface area contributed by atoms with Crippen molar-refractivity contribution in [2.24, 2.45) is 0 Å². The van der Waals surface area contributed by atoms with Crippen LogP contribution in [0.3, 0.4) is 0 Å². The van der Waals surface area contributed by atoms with Crippen LogP contribution in [0.4, 0.5) is 0 Å². The highest BCUT2D eigenvalue weighted by molar-refractivity contribution is 6.32. The Kier molecular flexibility index (Phi) is 3.41. The van der Waals surface area contributed by atoms with E-state index in [1.165, 1.54) is 29.3 Å². The van der Waals surface area contributed by atoms with Gasteiger partial charge in [-0.25, -0.2) is 4.79 Å². The topological polar surface area (TPSA) is 71.2 Å². The maximum atomic E-state index is 11.6. The molecule has 5 heteroatoms. The Morgan fingerprint density at radius 2 is 2.19 bits per heavy atom. The van der Waals surface area contributed by atoms with Crippen molar-refractivity contribution >= 4 is 22.8 Å². The maximum Gasteiger partial charge on any atom is 0.396 e. The molecule has 1 aromatic heterocycles. The van der Waals surface area contributed by atoms with Gasteiger partial charge in [-0.2, -0.15) is 0 Å². The number of aromatic amines is 1. The van der Waals surface area contributed by atoms with E-state index >= 15 is 0 Å². The van der Waals surface area contributed by atoms with Crippen LogP contribution in [-0.4, -0.2) is 30.0 Å². The number of benzene rings is 1. The van der Waals surface area contributed by atoms with E-state index in [2.05, 4.69) is 40.2 Å². The number of hydrogen-bond donors (Lipinski definition) is 2. The van der Waals surface area contributed by atoms with Crippen LogP contribution >= 0.6 is 0 Å². The summed E-state index contributed by atoms with van der Waals surface area (Å²) in [6.45, 7) is 2.07. The number of aromatic nitrogens is 1. The van der Waals surface area contributed by atoms with Crippen molar-refractivity contribution in [1.82, 2.24) is 10.3 Å². The molecule has 1 aromatic carbocycles. The van der Waals surface area contributed by atoms with Crippen LogP contribution in [0, 0.1) is 6.92 Å². The third kappa shape index (κ3) is 2.51. The SMILES string of the molecule is COC(=O)C(=O)NC1CCc2[nH]c3cc(C)ccc3c2C1. The van der Waals surface area contributed by atoms with Crippen molar-refractivity contribution in [2.45, 2.75) is 32.2 Å². The van der Waals surface area contributed by atoms with Gasteiger partial charge in [0.1, 0.15) is 0 Å². The molecule has 1 aliphatic carbocycles. The number of carbonyl (C=O) groups excluding carboxylic acids is 2. The second-order valence-electron chi connectivity index (χ2n) is 5.54. The number of H-pyrrole nitrogens is 1. The molecule has 0 spiro atoms. The van der Waals surface area contributed by atoms with E-state index in [0.717, 1.165) is 24.8 Å². The number of fused-ring (bicyclic) bond motifs is 3. The van der Waals surface area contributed by atoms with Gasteiger partial charge in [-0.15, -0.1) is 0 Å². The fourth-order valence-electron chi connectivity index (χ4n) is 3.00. The molecule has 0 bridgehead atoms. The number of amides is 1. The highest BCUT2D eigenvalue weighted by Crippen LogP contribution is 2.29. The van der Waals surface area contributed by atoms with Gasteiger partial charge in [0.25, 0.3) is 0 Å². The van der Waals surface area contributed by atoms with Crippen LogP contribution in [0.5, 0.6) is 0 Å². The smallest absolute Gasteiger partial charge is 0.396 e. The zero-order chi connectivity index (χ0) is 15.0. The summed E-state index contributed by atoms with van der Waals surface area (Å²) in [5.41, 5.74) is 4.84. The van der Waals surface area contributed by atoms with Crippen LogP contribution in [0.15, 0.2) is 18.2 Å². The van der Waals surface area contributed by atoms with Crippen molar-refractivity contribution in [3.8, 4) is 0 Å². The van der Waals surface area contributed by atoms with Crippen LogP contribution in [0.1, 0.15) is 23.2 Å². The van der Waals surface area contributed by atoms with Gasteiger partial charge in [0, 0.05) is 22.6 Å². The molecule has 2 N–H and O–H groups in total. The zero-order valence-electron chi connectivity index (χ0n) is 12.2. The molecular weight excluding hydrogens is 268 g/mol. The number of rotatable bonds is 1. The predicted octanol–water partition coefficient (Wildman–Crippen LogP) is 1.62. The third-order valence-electron chi connectivity index (χ3n) is 4.05. The van der Waals surface area contributed by atoms with E-state index in [-0.39, 0.29) is 6.04 Å². The summed E-state index contributed by atoms with van der Waals surface area (Å²) in [6.07, 6.45) is 2.43. The summed E-state index contributed by atoms with van der Waals surface area (Å²) in [6, 6.07) is 6.32. The summed E-state index contributed by atoms with van der Waals surface area (Å²) in [5.74, 6) is -1.50. The first-order valence-corrected chi connectivity index (χ1v) is 7.07. The number of esters is 1. The highest BCUT2D eigenvalue weighted by atomic mass is 16.5. The van der Waals surface area contributed by atoms with Crippen molar-refractivity contribution in [1.29, 1.82) is 0 Å². The molecule has 0 saturated carbocycles. The van der Waals surface area contributed by atoms with Crippen molar-refractivity contribution in [3.05, 3.63) is 35.0 Å². The lowest BCUT2D eigenvalue weighted by molar-refractivity contribution is -0.153. The van der Waals surface area contributed by atoms with Crippen LogP contribution in [-0.2, 0) is 27.2 Å². The number of ether oxygens (including phenoxy) is 1. The van der Waals surface area contributed by atoms with Gasteiger partial charge in [0.15, 0.2) is 0 Å². The van der Waals surface area contributed by atoms with E-state index in [1.807, 2.05) is 0 Å². The lowest BCUT2D eigenvalue weighted by Crippen LogP contribution is -2.42. The molecule has 0 fully saturated rings. The molecule has 21 heavy (non-hydrogen) atoms. The van der Waals surface area contributed by atoms with Gasteiger partial charge in [0.05, 0.1) is 7.11 Å². The van der Waals surface area contributed by atoms with Gasteiger partial charge in [-0.1, -0.05) is 12.1 Å². The molecule has 0 saturated heterocycles. The second-order valence-corrected chi connectivity index (χ2v) is 5.54. The molecule has 110 valence electrons. The monoisotopic (exact) mass is 286 g/mol. The second kappa shape index (κ2) is 5.24.